The number of rotatable bonds is 8. The number of hydrogen-bond acceptors (Lipinski definition) is 4. The van der Waals surface area contributed by atoms with Crippen LogP contribution in [0.1, 0.15) is 24.8 Å². The van der Waals surface area contributed by atoms with E-state index in [9.17, 15) is 9.59 Å². The Morgan fingerprint density at radius 1 is 1.14 bits per heavy atom. The smallest absolute Gasteiger partial charge is 0.253 e. The first-order valence-electron chi connectivity index (χ1n) is 9.66. The van der Waals surface area contributed by atoms with E-state index in [1.807, 2.05) is 61.5 Å². The third-order valence-electron chi connectivity index (χ3n) is 4.84. The lowest BCUT2D eigenvalue weighted by molar-refractivity contribution is -0.122. The summed E-state index contributed by atoms with van der Waals surface area (Å²) in [5.41, 5.74) is 2.29. The fourth-order valence-corrected chi connectivity index (χ4v) is 3.19. The van der Waals surface area contributed by atoms with E-state index in [1.54, 1.807) is 7.11 Å². The third kappa shape index (κ3) is 5.10. The fraction of sp³-hybridized carbons (Fsp3) is 0.261. The summed E-state index contributed by atoms with van der Waals surface area (Å²) in [5.74, 6) is 0.525. The molecule has 3 aromatic rings. The summed E-state index contributed by atoms with van der Waals surface area (Å²) in [6, 6.07) is 18.6. The fourth-order valence-electron chi connectivity index (χ4n) is 3.19. The van der Waals surface area contributed by atoms with Crippen LogP contribution >= 0.6 is 0 Å². The quantitative estimate of drug-likeness (QED) is 0.640. The molecule has 150 valence electrons. The number of ether oxygens (including phenoxy) is 1. The highest BCUT2D eigenvalue weighted by atomic mass is 16.5. The maximum absolute atomic E-state index is 12.5. The molecule has 0 aliphatic rings. The molecule has 0 radical (unpaired) electrons. The molecule has 6 nitrogen and oxygen atoms in total. The van der Waals surface area contributed by atoms with Gasteiger partial charge in [0.1, 0.15) is 5.75 Å². The van der Waals surface area contributed by atoms with Gasteiger partial charge in [-0.1, -0.05) is 37.3 Å². The Morgan fingerprint density at radius 3 is 2.48 bits per heavy atom. The SMILES string of the molecule is CCC(C(=O)NCCn1cnc(-c2ccc(OC)cc2)cc1=O)c1ccccc1. The molecule has 0 aliphatic heterocycles. The van der Waals surface area contributed by atoms with Crippen LogP contribution in [0, 0.1) is 0 Å². The Bertz CT molecular complexity index is 998. The Balaban J connectivity index is 1.60. The van der Waals surface area contributed by atoms with Crippen LogP contribution in [0.2, 0.25) is 0 Å². The van der Waals surface area contributed by atoms with Crippen molar-refractivity contribution in [2.75, 3.05) is 13.7 Å². The van der Waals surface area contributed by atoms with Crippen molar-refractivity contribution in [2.45, 2.75) is 25.8 Å². The van der Waals surface area contributed by atoms with Crippen molar-refractivity contribution in [1.29, 1.82) is 0 Å². The van der Waals surface area contributed by atoms with Crippen molar-refractivity contribution in [3.05, 3.63) is 82.9 Å². The van der Waals surface area contributed by atoms with Crippen LogP contribution in [0.15, 0.2) is 71.8 Å². The largest absolute Gasteiger partial charge is 0.497 e. The summed E-state index contributed by atoms with van der Waals surface area (Å²) in [4.78, 5) is 29.3. The molecule has 0 fully saturated rings. The molecule has 29 heavy (non-hydrogen) atoms. The number of nitrogens with one attached hydrogen (secondary N) is 1. The van der Waals surface area contributed by atoms with Crippen LogP contribution in [0.25, 0.3) is 11.3 Å². The van der Waals surface area contributed by atoms with E-state index in [4.69, 9.17) is 4.74 Å². The summed E-state index contributed by atoms with van der Waals surface area (Å²) >= 11 is 0. The Morgan fingerprint density at radius 2 is 1.86 bits per heavy atom. The van der Waals surface area contributed by atoms with Gasteiger partial charge in [-0.15, -0.1) is 0 Å². The van der Waals surface area contributed by atoms with Gasteiger partial charge >= 0.3 is 0 Å². The van der Waals surface area contributed by atoms with Crippen molar-refractivity contribution in [2.24, 2.45) is 0 Å². The van der Waals surface area contributed by atoms with E-state index >= 15 is 0 Å². The summed E-state index contributed by atoms with van der Waals surface area (Å²) < 4.78 is 6.64. The molecule has 0 saturated carbocycles. The molecule has 0 aliphatic carbocycles. The highest BCUT2D eigenvalue weighted by Gasteiger charge is 2.17. The molecular weight excluding hydrogens is 366 g/mol. The maximum Gasteiger partial charge on any atom is 0.253 e. The van der Waals surface area contributed by atoms with Gasteiger partial charge in [-0.3, -0.25) is 14.2 Å². The molecule has 0 spiro atoms. The summed E-state index contributed by atoms with van der Waals surface area (Å²) in [6.45, 7) is 2.72. The van der Waals surface area contributed by atoms with Crippen LogP contribution in [-0.4, -0.2) is 29.1 Å². The van der Waals surface area contributed by atoms with E-state index in [1.165, 1.54) is 17.0 Å². The van der Waals surface area contributed by atoms with Gasteiger partial charge in [0.25, 0.3) is 5.56 Å². The summed E-state index contributed by atoms with van der Waals surface area (Å²) in [7, 11) is 1.61. The Labute approximate surface area is 170 Å². The molecular formula is C23H25N3O3. The predicted octanol–water partition coefficient (Wildman–Crippen LogP) is 3.23. The normalized spacial score (nSPS) is 11.7. The topological polar surface area (TPSA) is 73.2 Å². The number of hydrogen-bond donors (Lipinski definition) is 1. The zero-order chi connectivity index (χ0) is 20.6. The molecule has 0 bridgehead atoms. The molecule has 1 amide bonds. The van der Waals surface area contributed by atoms with Crippen molar-refractivity contribution in [3.63, 3.8) is 0 Å². The van der Waals surface area contributed by atoms with Gasteiger partial charge in [-0.25, -0.2) is 4.98 Å². The second-order valence-electron chi connectivity index (χ2n) is 6.70. The molecule has 1 unspecified atom stereocenters. The van der Waals surface area contributed by atoms with Gasteiger partial charge in [0.05, 0.1) is 25.0 Å². The molecule has 3 rings (SSSR count). The third-order valence-corrected chi connectivity index (χ3v) is 4.84. The van der Waals surface area contributed by atoms with Gasteiger partial charge in [0.15, 0.2) is 0 Å². The van der Waals surface area contributed by atoms with Crippen LogP contribution in [0.5, 0.6) is 5.75 Å². The molecule has 0 saturated heterocycles. The van der Waals surface area contributed by atoms with Crippen molar-refractivity contribution in [1.82, 2.24) is 14.9 Å². The van der Waals surface area contributed by atoms with Gasteiger partial charge in [0.2, 0.25) is 5.91 Å². The van der Waals surface area contributed by atoms with Crippen molar-refractivity contribution in [3.8, 4) is 17.0 Å². The minimum Gasteiger partial charge on any atom is -0.497 e. The van der Waals surface area contributed by atoms with E-state index in [0.29, 0.717) is 25.2 Å². The molecule has 6 heteroatoms. The average molecular weight is 391 g/mol. The number of carbonyl (C=O) groups is 1. The van der Waals surface area contributed by atoms with Crippen LogP contribution < -0.4 is 15.6 Å². The molecule has 1 aromatic heterocycles. The molecule has 1 N–H and O–H groups in total. The van der Waals surface area contributed by atoms with Crippen LogP contribution in [-0.2, 0) is 11.3 Å². The van der Waals surface area contributed by atoms with Gasteiger partial charge in [0, 0.05) is 24.7 Å². The number of methoxy groups -OCH3 is 1. The Hall–Kier alpha value is -3.41. The van der Waals surface area contributed by atoms with Gasteiger partial charge < -0.3 is 10.1 Å². The van der Waals surface area contributed by atoms with E-state index < -0.39 is 0 Å². The molecule has 2 aromatic carbocycles. The zero-order valence-electron chi connectivity index (χ0n) is 16.7. The first-order valence-corrected chi connectivity index (χ1v) is 9.66. The standard InChI is InChI=1S/C23H25N3O3/c1-3-20(17-7-5-4-6-8-17)23(28)24-13-14-26-16-25-21(15-22(26)27)18-9-11-19(29-2)12-10-18/h4-12,15-16,20H,3,13-14H2,1-2H3,(H,24,28). The highest BCUT2D eigenvalue weighted by Crippen LogP contribution is 2.20. The van der Waals surface area contributed by atoms with Crippen molar-refractivity contribution >= 4 is 5.91 Å². The highest BCUT2D eigenvalue weighted by molar-refractivity contribution is 5.83. The van der Waals surface area contributed by atoms with Gasteiger partial charge in [-0.2, -0.15) is 0 Å². The number of amides is 1. The van der Waals surface area contributed by atoms with E-state index in [2.05, 4.69) is 10.3 Å². The number of benzene rings is 2. The van der Waals surface area contributed by atoms with E-state index in [-0.39, 0.29) is 17.4 Å². The van der Waals surface area contributed by atoms with Gasteiger partial charge in [-0.05, 0) is 36.2 Å². The maximum atomic E-state index is 12.5. The number of aromatic nitrogens is 2. The van der Waals surface area contributed by atoms with Crippen molar-refractivity contribution < 1.29 is 9.53 Å². The van der Waals surface area contributed by atoms with Crippen LogP contribution in [0.4, 0.5) is 0 Å². The first kappa shape index (κ1) is 20.3. The second-order valence-corrected chi connectivity index (χ2v) is 6.70. The minimum absolute atomic E-state index is 0.0328. The minimum atomic E-state index is -0.191. The summed E-state index contributed by atoms with van der Waals surface area (Å²) in [5, 5.41) is 2.93. The number of carbonyl (C=O) groups excluding carboxylic acids is 1. The molecule has 1 atom stereocenters. The zero-order valence-corrected chi connectivity index (χ0v) is 16.7. The van der Waals surface area contributed by atoms with E-state index in [0.717, 1.165) is 16.9 Å². The average Bonchev–Trinajstić information content (AvgIpc) is 2.76. The second kappa shape index (κ2) is 9.68. The lowest BCUT2D eigenvalue weighted by Gasteiger charge is -2.15. The molecule has 1 heterocycles. The number of nitrogens with zero attached hydrogens (tertiary/aromatic N) is 2. The summed E-state index contributed by atoms with van der Waals surface area (Å²) in [6.07, 6.45) is 2.23. The monoisotopic (exact) mass is 391 g/mol. The first-order chi connectivity index (χ1) is 14.1. The lowest BCUT2D eigenvalue weighted by atomic mass is 9.96. The lowest BCUT2D eigenvalue weighted by Crippen LogP contribution is -2.33. The van der Waals surface area contributed by atoms with Crippen LogP contribution in [0.3, 0.4) is 0 Å². The predicted molar refractivity (Wildman–Crippen MR) is 113 cm³/mol. The Kier molecular flexibility index (Phi) is 6.79.